The van der Waals surface area contributed by atoms with E-state index < -0.39 is 0 Å². The number of nitrogens with one attached hydrogen (secondary N) is 3. The molecule has 4 aromatic heterocycles. The lowest BCUT2D eigenvalue weighted by molar-refractivity contribution is -0.696. The highest BCUT2D eigenvalue weighted by Gasteiger charge is 2.08. The van der Waals surface area contributed by atoms with E-state index in [1.807, 2.05) is 91.4 Å². The summed E-state index contributed by atoms with van der Waals surface area (Å²) in [6.45, 7) is 12.0. The van der Waals surface area contributed by atoms with Gasteiger partial charge < -0.3 is 30.0 Å². The molecule has 0 spiro atoms. The molecule has 338 valence electrons. The maximum atomic E-state index is 4.51. The van der Waals surface area contributed by atoms with Crippen LogP contribution in [0.15, 0.2) is 203 Å². The predicted octanol–water partition coefficient (Wildman–Crippen LogP) is 12.9. The van der Waals surface area contributed by atoms with E-state index in [2.05, 4.69) is 186 Å². The average molecular weight is 889 g/mol. The quantitative estimate of drug-likeness (QED) is 0.0402. The zero-order valence-corrected chi connectivity index (χ0v) is 39.1. The Morgan fingerprint density at radius 1 is 0.478 bits per heavy atom. The third kappa shape index (κ3) is 12.8. The fourth-order valence-electron chi connectivity index (χ4n) is 7.94. The number of pyridine rings is 2. The average Bonchev–Trinajstić information content (AvgIpc) is 3.87. The summed E-state index contributed by atoms with van der Waals surface area (Å²) < 4.78 is 8.82. The highest BCUT2D eigenvalue weighted by atomic mass is 15.1. The zero-order valence-electron chi connectivity index (χ0n) is 39.1. The normalized spacial score (nSPS) is 11.5. The minimum atomic E-state index is 0.798. The maximum Gasteiger partial charge on any atom is 0.196 e. The Hall–Kier alpha value is -8.12. The molecule has 0 radical (unpaired) electrons. The van der Waals surface area contributed by atoms with Gasteiger partial charge in [0.1, 0.15) is 24.5 Å². The van der Waals surface area contributed by atoms with Crippen LogP contribution in [0.3, 0.4) is 0 Å². The summed E-state index contributed by atoms with van der Waals surface area (Å²) >= 11 is 0. The van der Waals surface area contributed by atoms with Crippen LogP contribution in [-0.4, -0.2) is 34.2 Å². The summed E-state index contributed by atoms with van der Waals surface area (Å²) in [6.07, 6.45) is 14.3. The molecule has 3 N–H and O–H groups in total. The molecule has 67 heavy (non-hydrogen) atoms. The van der Waals surface area contributed by atoms with Crippen LogP contribution in [0.4, 0.5) is 45.5 Å². The molecule has 8 aromatic rings. The molecular formula is C55H60N12+2. The summed E-state index contributed by atoms with van der Waals surface area (Å²) in [7, 11) is 2.10. The Balaban J connectivity index is 0.705. The summed E-state index contributed by atoms with van der Waals surface area (Å²) in [5, 5.41) is 28.4. The molecule has 0 aliphatic rings. The van der Waals surface area contributed by atoms with Gasteiger partial charge in [0.25, 0.3) is 0 Å². The molecule has 4 heterocycles. The molecule has 0 bridgehead atoms. The maximum absolute atomic E-state index is 4.51. The van der Waals surface area contributed by atoms with Gasteiger partial charge in [-0.3, -0.25) is 0 Å². The van der Waals surface area contributed by atoms with Gasteiger partial charge in [0, 0.05) is 114 Å². The largest absolute Gasteiger partial charge is 0.389 e. The van der Waals surface area contributed by atoms with E-state index in [1.165, 1.54) is 22.8 Å². The van der Waals surface area contributed by atoms with Crippen molar-refractivity contribution in [3.05, 3.63) is 206 Å². The Bertz CT molecular complexity index is 2890. The summed E-state index contributed by atoms with van der Waals surface area (Å²) in [5.41, 5.74) is 14.5. The smallest absolute Gasteiger partial charge is 0.196 e. The summed E-state index contributed by atoms with van der Waals surface area (Å²) in [4.78, 5) is 2.20. The second-order valence-electron chi connectivity index (χ2n) is 16.8. The van der Waals surface area contributed by atoms with Gasteiger partial charge in [0.05, 0.1) is 11.4 Å². The van der Waals surface area contributed by atoms with Crippen molar-refractivity contribution in [3.63, 3.8) is 0 Å². The molecule has 0 amide bonds. The number of aromatic nitrogens is 4. The van der Waals surface area contributed by atoms with E-state index in [0.29, 0.717) is 0 Å². The minimum absolute atomic E-state index is 0.798. The molecule has 0 aliphatic carbocycles. The van der Waals surface area contributed by atoms with Crippen molar-refractivity contribution in [2.45, 2.75) is 53.6 Å². The van der Waals surface area contributed by atoms with E-state index >= 15 is 0 Å². The fourth-order valence-corrected chi connectivity index (χ4v) is 7.94. The van der Waals surface area contributed by atoms with E-state index in [0.717, 1.165) is 95.9 Å². The molecule has 0 saturated heterocycles. The number of azo groups is 2. The predicted molar refractivity (Wildman–Crippen MR) is 271 cm³/mol. The van der Waals surface area contributed by atoms with Gasteiger partial charge >= 0.3 is 0 Å². The summed E-state index contributed by atoms with van der Waals surface area (Å²) in [6, 6.07) is 49.5. The van der Waals surface area contributed by atoms with E-state index in [-0.39, 0.29) is 0 Å². The van der Waals surface area contributed by atoms with Crippen molar-refractivity contribution < 1.29 is 9.13 Å². The van der Waals surface area contributed by atoms with E-state index in [9.17, 15) is 0 Å². The van der Waals surface area contributed by atoms with Crippen molar-refractivity contribution in [2.24, 2.45) is 20.5 Å². The van der Waals surface area contributed by atoms with Gasteiger partial charge in [-0.2, -0.15) is 10.2 Å². The zero-order chi connectivity index (χ0) is 46.4. The van der Waals surface area contributed by atoms with Gasteiger partial charge in [-0.05, 0) is 161 Å². The van der Waals surface area contributed by atoms with Crippen LogP contribution in [0.2, 0.25) is 0 Å². The van der Waals surface area contributed by atoms with Crippen LogP contribution in [0.25, 0.3) is 11.4 Å². The molecule has 0 saturated carbocycles. The lowest BCUT2D eigenvalue weighted by atomic mass is 10.2. The van der Waals surface area contributed by atoms with Crippen LogP contribution in [0.5, 0.6) is 0 Å². The number of benzene rings is 4. The lowest BCUT2D eigenvalue weighted by Crippen LogP contribution is -2.34. The van der Waals surface area contributed by atoms with Crippen molar-refractivity contribution in [1.29, 1.82) is 0 Å². The molecule has 4 aromatic carbocycles. The van der Waals surface area contributed by atoms with Gasteiger partial charge in [-0.1, -0.05) is 0 Å². The van der Waals surface area contributed by atoms with E-state index in [4.69, 9.17) is 0 Å². The second-order valence-corrected chi connectivity index (χ2v) is 16.8. The molecule has 12 heteroatoms. The first-order valence-corrected chi connectivity index (χ1v) is 22.9. The molecule has 0 aliphatic heterocycles. The van der Waals surface area contributed by atoms with Gasteiger partial charge in [0.15, 0.2) is 24.8 Å². The van der Waals surface area contributed by atoms with Crippen LogP contribution < -0.4 is 25.1 Å². The van der Waals surface area contributed by atoms with Crippen LogP contribution >= 0.6 is 0 Å². The van der Waals surface area contributed by atoms with Gasteiger partial charge in [-0.25, -0.2) is 9.13 Å². The third-order valence-corrected chi connectivity index (χ3v) is 11.5. The molecule has 8 rings (SSSR count). The van der Waals surface area contributed by atoms with Crippen LogP contribution in [0, 0.1) is 27.7 Å². The van der Waals surface area contributed by atoms with Crippen LogP contribution in [0.1, 0.15) is 35.6 Å². The second kappa shape index (κ2) is 22.2. The Morgan fingerprint density at radius 2 is 0.866 bits per heavy atom. The Labute approximate surface area is 394 Å². The Morgan fingerprint density at radius 3 is 1.30 bits per heavy atom. The molecular weight excluding hydrogens is 829 g/mol. The number of rotatable bonds is 20. The fraction of sp³-hybridized carbons (Fsp3) is 0.200. The topological polar surface area (TPSA) is 106 Å². The van der Waals surface area contributed by atoms with Gasteiger partial charge in [0.2, 0.25) is 0 Å². The number of anilines is 4. The van der Waals surface area contributed by atoms with Crippen LogP contribution in [-0.2, 0) is 13.1 Å². The number of nitrogens with zero attached hydrogens (tertiary/aromatic N) is 9. The first kappa shape index (κ1) is 45.4. The highest BCUT2D eigenvalue weighted by Crippen LogP contribution is 2.26. The number of aryl methyl sites for hydroxylation is 6. The minimum Gasteiger partial charge on any atom is -0.389 e. The lowest BCUT2D eigenvalue weighted by Gasteiger charge is -2.12. The SMILES string of the molecule is Cc1ccc(C)n1-c1ccc(Nc2ccc(N=Nc3ccc[n+](CCCN/C=C\N(C)CCC[n+]4cccc(N=Nc5ccc(Nc6ccc(-n7c(C)ccc7C)cc6)cc5)c4)c3)cc2)cc1. The molecule has 0 unspecified atom stereocenters. The first-order chi connectivity index (χ1) is 32.7. The van der Waals surface area contributed by atoms with Crippen molar-refractivity contribution >= 4 is 45.5 Å². The van der Waals surface area contributed by atoms with Crippen molar-refractivity contribution in [1.82, 2.24) is 19.4 Å². The highest BCUT2D eigenvalue weighted by molar-refractivity contribution is 5.64. The third-order valence-electron chi connectivity index (χ3n) is 11.5. The first-order valence-electron chi connectivity index (χ1n) is 22.9. The number of hydrogen-bond acceptors (Lipinski definition) is 8. The van der Waals surface area contributed by atoms with E-state index in [1.54, 1.807) is 0 Å². The molecule has 12 nitrogen and oxygen atoms in total. The Kier molecular flexibility index (Phi) is 15.0. The number of hydrogen-bond donors (Lipinski definition) is 3. The van der Waals surface area contributed by atoms with Crippen molar-refractivity contribution in [2.75, 3.05) is 30.8 Å². The van der Waals surface area contributed by atoms with Gasteiger partial charge in [-0.15, -0.1) is 10.2 Å². The molecule has 0 atom stereocenters. The molecule has 0 fully saturated rings. The summed E-state index contributed by atoms with van der Waals surface area (Å²) in [5.74, 6) is 0. The van der Waals surface area contributed by atoms with Crippen molar-refractivity contribution in [3.8, 4) is 11.4 Å². The standard InChI is InChI=1S/C55H60N12/c1-42-12-13-43(2)66(42)54-28-24-48(25-29-54)57-46-16-20-50(21-17-46)59-61-52-10-6-35-64(40-52)37-8-32-56-33-39-63(5)34-9-38-65-36-7-11-53(41-65)62-60-51-22-18-47(19-23-51)58-49-26-30-55(31-27-49)67-44(3)14-15-45(67)4/h6-7,10-31,33,35-36,39-41,56-58H,8-9,32,34,37-38H2,1-5H3/q+2/b39-33-,61-59?,62-60?. The monoisotopic (exact) mass is 889 g/mol.